The Morgan fingerprint density at radius 2 is 1.97 bits per heavy atom. The number of guanidine groups is 1. The van der Waals surface area contributed by atoms with E-state index in [4.69, 9.17) is 4.74 Å². The van der Waals surface area contributed by atoms with Crippen LogP contribution >= 0.6 is 0 Å². The number of carbonyl (C=O) groups excluding carboxylic acids is 1. The van der Waals surface area contributed by atoms with E-state index in [-0.39, 0.29) is 12.0 Å². The van der Waals surface area contributed by atoms with Gasteiger partial charge in [0.15, 0.2) is 5.96 Å². The molecule has 2 fully saturated rings. The fourth-order valence-electron chi connectivity index (χ4n) is 4.10. The summed E-state index contributed by atoms with van der Waals surface area (Å²) in [6.07, 6.45) is 6.40. The number of aliphatic imine (C=N–C) groups is 1. The van der Waals surface area contributed by atoms with E-state index in [1.807, 2.05) is 17.0 Å². The SMILES string of the molecule is CCNC(=NCCCOc1ccc(C)cc1)NC1CCN(C(=O)C2CCCC2)C1. The Kier molecular flexibility index (Phi) is 8.20. The summed E-state index contributed by atoms with van der Waals surface area (Å²) in [6.45, 7) is 7.97. The van der Waals surface area contributed by atoms with E-state index >= 15 is 0 Å². The molecule has 1 aromatic rings. The van der Waals surface area contributed by atoms with Crippen molar-refractivity contribution in [3.05, 3.63) is 29.8 Å². The lowest BCUT2D eigenvalue weighted by Gasteiger charge is -2.21. The van der Waals surface area contributed by atoms with Gasteiger partial charge in [-0.25, -0.2) is 0 Å². The second-order valence-electron chi connectivity index (χ2n) is 8.17. The van der Waals surface area contributed by atoms with Gasteiger partial charge in [0.1, 0.15) is 5.75 Å². The van der Waals surface area contributed by atoms with E-state index in [0.717, 1.165) is 57.0 Å². The molecular weight excluding hydrogens is 364 g/mol. The van der Waals surface area contributed by atoms with Gasteiger partial charge in [0.05, 0.1) is 6.61 Å². The Bertz CT molecular complexity index is 668. The lowest BCUT2D eigenvalue weighted by Crippen LogP contribution is -2.45. The molecule has 1 saturated heterocycles. The van der Waals surface area contributed by atoms with Gasteiger partial charge in [-0.15, -0.1) is 0 Å². The highest BCUT2D eigenvalue weighted by Crippen LogP contribution is 2.27. The molecule has 0 radical (unpaired) electrons. The number of nitrogens with one attached hydrogen (secondary N) is 2. The van der Waals surface area contributed by atoms with Crippen LogP contribution in [-0.4, -0.2) is 55.6 Å². The molecule has 1 aliphatic heterocycles. The zero-order valence-corrected chi connectivity index (χ0v) is 18.0. The molecule has 29 heavy (non-hydrogen) atoms. The maximum atomic E-state index is 12.6. The third kappa shape index (κ3) is 6.65. The maximum absolute atomic E-state index is 12.6. The minimum atomic E-state index is 0.268. The monoisotopic (exact) mass is 400 g/mol. The third-order valence-corrected chi connectivity index (χ3v) is 5.75. The van der Waals surface area contributed by atoms with E-state index in [0.29, 0.717) is 19.1 Å². The lowest BCUT2D eigenvalue weighted by molar-refractivity contribution is -0.134. The Hall–Kier alpha value is -2.24. The molecule has 1 aliphatic carbocycles. The molecule has 1 heterocycles. The number of hydrogen-bond donors (Lipinski definition) is 2. The van der Waals surface area contributed by atoms with E-state index in [9.17, 15) is 4.79 Å². The highest BCUT2D eigenvalue weighted by molar-refractivity contribution is 5.81. The molecule has 0 aromatic heterocycles. The van der Waals surface area contributed by atoms with Crippen molar-refractivity contribution in [3.8, 4) is 5.75 Å². The third-order valence-electron chi connectivity index (χ3n) is 5.75. The van der Waals surface area contributed by atoms with Crippen LogP contribution in [0.25, 0.3) is 0 Å². The number of nitrogens with zero attached hydrogens (tertiary/aromatic N) is 2. The van der Waals surface area contributed by atoms with E-state index in [1.54, 1.807) is 0 Å². The molecule has 1 atom stereocenters. The molecule has 3 rings (SSSR count). The second kappa shape index (κ2) is 11.1. The van der Waals surface area contributed by atoms with Crippen LogP contribution in [-0.2, 0) is 4.79 Å². The van der Waals surface area contributed by atoms with Crippen LogP contribution in [0.5, 0.6) is 5.75 Å². The minimum Gasteiger partial charge on any atom is -0.494 e. The van der Waals surface area contributed by atoms with Crippen LogP contribution in [0.15, 0.2) is 29.3 Å². The standard InChI is InChI=1S/C23H36N4O2/c1-3-24-23(25-14-6-16-29-21-11-9-18(2)10-12-21)26-20-13-15-27(17-20)22(28)19-7-4-5-8-19/h9-12,19-20H,3-8,13-17H2,1-2H3,(H2,24,25,26). The van der Waals surface area contributed by atoms with Crippen molar-refractivity contribution in [3.63, 3.8) is 0 Å². The van der Waals surface area contributed by atoms with Crippen molar-refractivity contribution in [2.24, 2.45) is 10.9 Å². The first kappa shape index (κ1) is 21.5. The first-order valence-corrected chi connectivity index (χ1v) is 11.2. The fourth-order valence-corrected chi connectivity index (χ4v) is 4.10. The molecule has 1 saturated carbocycles. The quantitative estimate of drug-likeness (QED) is 0.400. The van der Waals surface area contributed by atoms with Crippen molar-refractivity contribution < 1.29 is 9.53 Å². The summed E-state index contributed by atoms with van der Waals surface area (Å²) in [7, 11) is 0. The molecule has 2 aliphatic rings. The van der Waals surface area contributed by atoms with Crippen LogP contribution in [0.2, 0.25) is 0 Å². The first-order valence-electron chi connectivity index (χ1n) is 11.2. The molecule has 1 aromatic carbocycles. The van der Waals surface area contributed by atoms with Crippen LogP contribution in [0.4, 0.5) is 0 Å². The Morgan fingerprint density at radius 3 is 2.69 bits per heavy atom. The zero-order chi connectivity index (χ0) is 20.5. The molecule has 1 unspecified atom stereocenters. The topological polar surface area (TPSA) is 66.0 Å². The van der Waals surface area contributed by atoms with Crippen molar-refractivity contribution in [1.29, 1.82) is 0 Å². The maximum Gasteiger partial charge on any atom is 0.225 e. The summed E-state index contributed by atoms with van der Waals surface area (Å²) in [5, 5.41) is 6.83. The molecule has 6 nitrogen and oxygen atoms in total. The summed E-state index contributed by atoms with van der Waals surface area (Å²) in [5.74, 6) is 2.37. The number of amides is 1. The van der Waals surface area contributed by atoms with Gasteiger partial charge >= 0.3 is 0 Å². The summed E-state index contributed by atoms with van der Waals surface area (Å²) in [5.41, 5.74) is 1.23. The molecule has 0 spiro atoms. The second-order valence-corrected chi connectivity index (χ2v) is 8.17. The van der Waals surface area contributed by atoms with Gasteiger partial charge in [-0.3, -0.25) is 9.79 Å². The molecule has 1 amide bonds. The number of rotatable bonds is 8. The van der Waals surface area contributed by atoms with Gasteiger partial charge in [0.25, 0.3) is 0 Å². The summed E-state index contributed by atoms with van der Waals surface area (Å²) in [4.78, 5) is 19.4. The summed E-state index contributed by atoms with van der Waals surface area (Å²) >= 11 is 0. The number of ether oxygens (including phenoxy) is 1. The van der Waals surface area contributed by atoms with Crippen LogP contribution in [0.1, 0.15) is 51.0 Å². The summed E-state index contributed by atoms with van der Waals surface area (Å²) in [6, 6.07) is 8.40. The van der Waals surface area contributed by atoms with Gasteiger partial charge < -0.3 is 20.3 Å². The van der Waals surface area contributed by atoms with Crippen molar-refractivity contribution >= 4 is 11.9 Å². The van der Waals surface area contributed by atoms with E-state index in [2.05, 4.69) is 41.6 Å². The van der Waals surface area contributed by atoms with Gasteiger partial charge in [-0.1, -0.05) is 30.5 Å². The molecule has 2 N–H and O–H groups in total. The average Bonchev–Trinajstić information content (AvgIpc) is 3.41. The number of benzene rings is 1. The lowest BCUT2D eigenvalue weighted by atomic mass is 10.1. The van der Waals surface area contributed by atoms with Crippen molar-refractivity contribution in [1.82, 2.24) is 15.5 Å². The highest BCUT2D eigenvalue weighted by Gasteiger charge is 2.32. The zero-order valence-electron chi connectivity index (χ0n) is 18.0. The largest absolute Gasteiger partial charge is 0.494 e. The Labute approximate surface area is 175 Å². The van der Waals surface area contributed by atoms with Crippen molar-refractivity contribution in [2.45, 2.75) is 58.4 Å². The van der Waals surface area contributed by atoms with Crippen LogP contribution in [0, 0.1) is 12.8 Å². The fraction of sp³-hybridized carbons (Fsp3) is 0.652. The number of aryl methyl sites for hydroxylation is 1. The number of hydrogen-bond acceptors (Lipinski definition) is 3. The molecular formula is C23H36N4O2. The predicted octanol–water partition coefficient (Wildman–Crippen LogP) is 3.11. The smallest absolute Gasteiger partial charge is 0.225 e. The Balaban J connectivity index is 1.39. The molecule has 6 heteroatoms. The summed E-state index contributed by atoms with van der Waals surface area (Å²) < 4.78 is 5.77. The Morgan fingerprint density at radius 1 is 1.21 bits per heavy atom. The van der Waals surface area contributed by atoms with Gasteiger partial charge in [-0.05, 0) is 45.2 Å². The van der Waals surface area contributed by atoms with Gasteiger partial charge in [0, 0.05) is 44.6 Å². The van der Waals surface area contributed by atoms with E-state index < -0.39 is 0 Å². The van der Waals surface area contributed by atoms with E-state index in [1.165, 1.54) is 18.4 Å². The average molecular weight is 401 g/mol. The molecule has 160 valence electrons. The van der Waals surface area contributed by atoms with Crippen molar-refractivity contribution in [2.75, 3.05) is 32.8 Å². The predicted molar refractivity (Wildman–Crippen MR) is 117 cm³/mol. The number of carbonyl (C=O) groups is 1. The number of likely N-dealkylation sites (tertiary alicyclic amines) is 1. The normalized spacial score (nSPS) is 20.1. The minimum absolute atomic E-state index is 0.268. The van der Waals surface area contributed by atoms with Gasteiger partial charge in [-0.2, -0.15) is 0 Å². The highest BCUT2D eigenvalue weighted by atomic mass is 16.5. The van der Waals surface area contributed by atoms with Crippen LogP contribution < -0.4 is 15.4 Å². The van der Waals surface area contributed by atoms with Gasteiger partial charge in [0.2, 0.25) is 5.91 Å². The van der Waals surface area contributed by atoms with Crippen LogP contribution in [0.3, 0.4) is 0 Å². The molecule has 0 bridgehead atoms. The first-order chi connectivity index (χ1) is 14.2.